The van der Waals surface area contributed by atoms with Crippen molar-refractivity contribution < 1.29 is 17.6 Å². The van der Waals surface area contributed by atoms with E-state index >= 15 is 0 Å². The Morgan fingerprint density at radius 1 is 1.10 bits per heavy atom. The van der Waals surface area contributed by atoms with Crippen LogP contribution in [0.3, 0.4) is 0 Å². The Bertz CT molecular complexity index is 1150. The van der Waals surface area contributed by atoms with Gasteiger partial charge in [0.05, 0.1) is 23.8 Å². The molecule has 1 unspecified atom stereocenters. The minimum Gasteiger partial charge on any atom is -0.459 e. The van der Waals surface area contributed by atoms with Crippen LogP contribution in [-0.4, -0.2) is 30.8 Å². The van der Waals surface area contributed by atoms with Gasteiger partial charge in [-0.1, -0.05) is 42.5 Å². The molecule has 0 saturated carbocycles. The second-order valence-corrected chi connectivity index (χ2v) is 8.90. The lowest BCUT2D eigenvalue weighted by molar-refractivity contribution is 0.0678. The van der Waals surface area contributed by atoms with Crippen molar-refractivity contribution in [3.8, 4) is 0 Å². The average molecular weight is 423 g/mol. The van der Waals surface area contributed by atoms with Gasteiger partial charge in [0.2, 0.25) is 10.0 Å². The van der Waals surface area contributed by atoms with Gasteiger partial charge in [-0.2, -0.15) is 5.10 Å². The Morgan fingerprint density at radius 3 is 2.47 bits per heavy atom. The van der Waals surface area contributed by atoms with Crippen LogP contribution in [0.4, 0.5) is 5.69 Å². The molecule has 30 heavy (non-hydrogen) atoms. The minimum absolute atomic E-state index is 0.00403. The van der Waals surface area contributed by atoms with Crippen LogP contribution in [0, 0.1) is 0 Å². The van der Waals surface area contributed by atoms with Crippen LogP contribution in [0.1, 0.15) is 41.1 Å². The Labute approximate surface area is 175 Å². The summed E-state index contributed by atoms with van der Waals surface area (Å²) in [6.07, 6.45) is 2.00. The second-order valence-electron chi connectivity index (χ2n) is 6.89. The summed E-state index contributed by atoms with van der Waals surface area (Å²) in [4.78, 5) is 13.0. The van der Waals surface area contributed by atoms with Crippen LogP contribution in [0.15, 0.2) is 82.5 Å². The van der Waals surface area contributed by atoms with Crippen LogP contribution in [0.2, 0.25) is 0 Å². The molecule has 0 saturated heterocycles. The Kier molecular flexibility index (Phi) is 5.41. The van der Waals surface area contributed by atoms with Gasteiger partial charge in [-0.25, -0.2) is 13.4 Å². The smallest absolute Gasteiger partial charge is 0.310 e. The molecule has 4 rings (SSSR count). The molecule has 0 aliphatic carbocycles. The average Bonchev–Trinajstić information content (AvgIpc) is 3.45. The van der Waals surface area contributed by atoms with Gasteiger partial charge in [-0.3, -0.25) is 9.52 Å². The highest BCUT2D eigenvalue weighted by Gasteiger charge is 2.34. The van der Waals surface area contributed by atoms with E-state index in [2.05, 4.69) is 9.82 Å². The summed E-state index contributed by atoms with van der Waals surface area (Å²) in [6.45, 7) is 1.58. The molecule has 2 aromatic carbocycles. The number of furan rings is 1. The molecular formula is C22H21N3O4S. The van der Waals surface area contributed by atoms with E-state index in [1.807, 2.05) is 30.3 Å². The molecule has 8 heteroatoms. The number of amides is 1. The van der Waals surface area contributed by atoms with E-state index in [4.69, 9.17) is 4.42 Å². The van der Waals surface area contributed by atoms with Crippen molar-refractivity contribution in [1.82, 2.24) is 5.01 Å². The Balaban J connectivity index is 1.63. The number of carbonyl (C=O) groups is 1. The monoisotopic (exact) mass is 423 g/mol. The summed E-state index contributed by atoms with van der Waals surface area (Å²) < 4.78 is 31.3. The van der Waals surface area contributed by atoms with Crippen molar-refractivity contribution in [1.29, 1.82) is 0 Å². The summed E-state index contributed by atoms with van der Waals surface area (Å²) in [6, 6.07) is 19.7. The Morgan fingerprint density at radius 2 is 1.83 bits per heavy atom. The summed E-state index contributed by atoms with van der Waals surface area (Å²) in [7, 11) is -3.34. The van der Waals surface area contributed by atoms with E-state index < -0.39 is 10.0 Å². The molecule has 0 fully saturated rings. The number of hydrogen-bond acceptors (Lipinski definition) is 5. The van der Waals surface area contributed by atoms with E-state index in [0.717, 1.165) is 16.8 Å². The fourth-order valence-electron chi connectivity index (χ4n) is 3.30. The molecular weight excluding hydrogens is 402 g/mol. The van der Waals surface area contributed by atoms with Crippen LogP contribution in [0.25, 0.3) is 0 Å². The third-order valence-electron chi connectivity index (χ3n) is 4.91. The van der Waals surface area contributed by atoms with E-state index in [1.54, 1.807) is 43.3 Å². The molecule has 0 spiro atoms. The van der Waals surface area contributed by atoms with Crippen molar-refractivity contribution >= 4 is 27.3 Å². The maximum Gasteiger partial charge on any atom is 0.310 e. The largest absolute Gasteiger partial charge is 0.459 e. The van der Waals surface area contributed by atoms with Crippen molar-refractivity contribution in [2.24, 2.45) is 5.10 Å². The van der Waals surface area contributed by atoms with Crippen molar-refractivity contribution in [2.45, 2.75) is 19.4 Å². The highest BCUT2D eigenvalue weighted by molar-refractivity contribution is 7.92. The van der Waals surface area contributed by atoms with Gasteiger partial charge in [0, 0.05) is 12.1 Å². The predicted molar refractivity (Wildman–Crippen MR) is 115 cm³/mol. The van der Waals surface area contributed by atoms with E-state index in [1.165, 1.54) is 11.3 Å². The van der Waals surface area contributed by atoms with Crippen LogP contribution in [0.5, 0.6) is 0 Å². The molecule has 1 atom stereocenters. The molecule has 7 nitrogen and oxygen atoms in total. The van der Waals surface area contributed by atoms with E-state index in [9.17, 15) is 13.2 Å². The zero-order chi connectivity index (χ0) is 21.1. The number of sulfonamides is 1. The normalized spacial score (nSPS) is 16.4. The zero-order valence-electron chi connectivity index (χ0n) is 16.4. The number of rotatable bonds is 6. The fraction of sp³-hybridized carbons (Fsp3) is 0.182. The number of nitrogens with one attached hydrogen (secondary N) is 1. The van der Waals surface area contributed by atoms with Gasteiger partial charge in [0.1, 0.15) is 0 Å². The summed E-state index contributed by atoms with van der Waals surface area (Å²) in [5.41, 5.74) is 3.03. The standard InChI is InChI=1S/C22H21N3O4S/c1-2-30(27,28)24-18-12-10-16(11-13-18)19-15-20(17-7-4-3-5-8-17)25(23-19)22(26)21-9-6-14-29-21/h3-14,20,24H,2,15H2,1H3. The minimum atomic E-state index is -3.34. The third kappa shape index (κ3) is 4.13. The van der Waals surface area contributed by atoms with Crippen LogP contribution < -0.4 is 4.72 Å². The van der Waals surface area contributed by atoms with Crippen molar-refractivity contribution in [2.75, 3.05) is 10.5 Å². The van der Waals surface area contributed by atoms with Gasteiger partial charge in [-0.05, 0) is 42.3 Å². The topological polar surface area (TPSA) is 92.0 Å². The molecule has 0 radical (unpaired) electrons. The maximum absolute atomic E-state index is 13.0. The zero-order valence-corrected chi connectivity index (χ0v) is 17.2. The lowest BCUT2D eigenvalue weighted by Crippen LogP contribution is -2.26. The highest BCUT2D eigenvalue weighted by Crippen LogP contribution is 2.34. The molecule has 1 aromatic heterocycles. The van der Waals surface area contributed by atoms with Crippen molar-refractivity contribution in [3.05, 3.63) is 89.9 Å². The Hall–Kier alpha value is -3.39. The highest BCUT2D eigenvalue weighted by atomic mass is 32.2. The van der Waals surface area contributed by atoms with Gasteiger partial charge < -0.3 is 4.42 Å². The number of hydrogen-bond donors (Lipinski definition) is 1. The number of hydrazone groups is 1. The van der Waals surface area contributed by atoms with Crippen LogP contribution in [-0.2, 0) is 10.0 Å². The number of benzene rings is 2. The quantitative estimate of drug-likeness (QED) is 0.648. The van der Waals surface area contributed by atoms with Gasteiger partial charge in [-0.15, -0.1) is 0 Å². The fourth-order valence-corrected chi connectivity index (χ4v) is 3.94. The summed E-state index contributed by atoms with van der Waals surface area (Å²) >= 11 is 0. The van der Waals surface area contributed by atoms with E-state index in [0.29, 0.717) is 12.1 Å². The third-order valence-corrected chi connectivity index (χ3v) is 6.21. The lowest BCUT2D eigenvalue weighted by Gasteiger charge is -2.21. The first-order valence-electron chi connectivity index (χ1n) is 9.57. The number of nitrogens with zero attached hydrogens (tertiary/aromatic N) is 2. The van der Waals surface area contributed by atoms with Gasteiger partial charge in [0.25, 0.3) is 0 Å². The number of anilines is 1. The molecule has 1 aliphatic rings. The van der Waals surface area contributed by atoms with E-state index in [-0.39, 0.29) is 23.5 Å². The first-order valence-corrected chi connectivity index (χ1v) is 11.2. The molecule has 1 N–H and O–H groups in total. The van der Waals surface area contributed by atoms with Gasteiger partial charge >= 0.3 is 5.91 Å². The molecule has 154 valence electrons. The first kappa shape index (κ1) is 19.9. The van der Waals surface area contributed by atoms with Crippen LogP contribution >= 0.6 is 0 Å². The maximum atomic E-state index is 13.0. The molecule has 1 aliphatic heterocycles. The molecule has 3 aromatic rings. The summed E-state index contributed by atoms with van der Waals surface area (Å²) in [5.74, 6) is -0.0780. The molecule has 2 heterocycles. The van der Waals surface area contributed by atoms with Gasteiger partial charge in [0.15, 0.2) is 5.76 Å². The number of carbonyl (C=O) groups excluding carboxylic acids is 1. The summed E-state index contributed by atoms with van der Waals surface area (Å²) in [5, 5.41) is 6.05. The lowest BCUT2D eigenvalue weighted by atomic mass is 9.98. The van der Waals surface area contributed by atoms with Crippen molar-refractivity contribution in [3.63, 3.8) is 0 Å². The molecule has 1 amide bonds. The molecule has 0 bridgehead atoms. The first-order chi connectivity index (χ1) is 14.5. The SMILES string of the molecule is CCS(=O)(=O)Nc1ccc(C2=NN(C(=O)c3ccco3)C(c3ccccc3)C2)cc1. The second kappa shape index (κ2) is 8.16. The predicted octanol–water partition coefficient (Wildman–Crippen LogP) is 4.03.